The molecule has 0 amide bonds. The molecular formula is C9H11N5S. The summed E-state index contributed by atoms with van der Waals surface area (Å²) in [6.07, 6.45) is 1.75. The molecule has 0 aromatic carbocycles. The van der Waals surface area contributed by atoms with Gasteiger partial charge in [0.1, 0.15) is 11.6 Å². The van der Waals surface area contributed by atoms with Crippen LogP contribution in [0.15, 0.2) is 12.3 Å². The summed E-state index contributed by atoms with van der Waals surface area (Å²) in [6.45, 7) is 4.40. The van der Waals surface area contributed by atoms with Gasteiger partial charge < -0.3 is 5.32 Å². The second-order valence-electron chi connectivity index (χ2n) is 3.10. The van der Waals surface area contributed by atoms with E-state index in [4.69, 9.17) is 0 Å². The molecule has 0 radical (unpaired) electrons. The van der Waals surface area contributed by atoms with Gasteiger partial charge in [-0.2, -0.15) is 4.37 Å². The molecule has 2 rings (SSSR count). The molecule has 0 aliphatic heterocycles. The van der Waals surface area contributed by atoms with Crippen molar-refractivity contribution < 1.29 is 0 Å². The minimum absolute atomic E-state index is 0.651. The van der Waals surface area contributed by atoms with Crippen molar-refractivity contribution in [3.8, 4) is 0 Å². The maximum atomic E-state index is 4.28. The van der Waals surface area contributed by atoms with E-state index in [9.17, 15) is 0 Å². The average Bonchev–Trinajstić information content (AvgIpc) is 2.62. The molecule has 1 N–H and O–H groups in total. The van der Waals surface area contributed by atoms with Crippen molar-refractivity contribution in [2.24, 2.45) is 0 Å². The smallest absolute Gasteiger partial charge is 0.202 e. The minimum Gasteiger partial charge on any atom is -0.355 e. The second-order valence-corrected chi connectivity index (χ2v) is 3.85. The van der Waals surface area contributed by atoms with Crippen LogP contribution in [-0.2, 0) is 6.54 Å². The normalized spacial score (nSPS) is 10.3. The topological polar surface area (TPSA) is 63.6 Å². The zero-order valence-electron chi connectivity index (χ0n) is 8.56. The van der Waals surface area contributed by atoms with Gasteiger partial charge in [0.2, 0.25) is 5.13 Å². The largest absolute Gasteiger partial charge is 0.355 e. The molecule has 6 heteroatoms. The molecule has 0 bridgehead atoms. The Morgan fingerprint density at radius 2 is 2.13 bits per heavy atom. The lowest BCUT2D eigenvalue weighted by Crippen LogP contribution is -2.02. The monoisotopic (exact) mass is 221 g/mol. The number of nitrogens with one attached hydrogen (secondary N) is 1. The number of nitrogens with zero attached hydrogens (tertiary/aromatic N) is 4. The Bertz CT molecular complexity index is 453. The van der Waals surface area contributed by atoms with Crippen molar-refractivity contribution in [1.82, 2.24) is 19.3 Å². The first-order chi connectivity index (χ1) is 7.24. The van der Waals surface area contributed by atoms with E-state index in [2.05, 4.69) is 24.6 Å². The maximum Gasteiger partial charge on any atom is 0.202 e. The summed E-state index contributed by atoms with van der Waals surface area (Å²) in [6, 6.07) is 1.88. The molecule has 78 valence electrons. The van der Waals surface area contributed by atoms with Crippen molar-refractivity contribution in [3.05, 3.63) is 29.6 Å². The van der Waals surface area contributed by atoms with E-state index in [1.807, 2.05) is 19.9 Å². The lowest BCUT2D eigenvalue weighted by Gasteiger charge is -2.01. The summed E-state index contributed by atoms with van der Waals surface area (Å²) >= 11 is 1.36. The molecular weight excluding hydrogens is 210 g/mol. The first kappa shape index (κ1) is 9.97. The highest BCUT2D eigenvalue weighted by Gasteiger charge is 2.00. The molecule has 15 heavy (non-hydrogen) atoms. The van der Waals surface area contributed by atoms with Gasteiger partial charge >= 0.3 is 0 Å². The summed E-state index contributed by atoms with van der Waals surface area (Å²) in [5.41, 5.74) is 0.954. The van der Waals surface area contributed by atoms with Gasteiger partial charge in [0.05, 0.1) is 12.2 Å². The number of aryl methyl sites for hydroxylation is 2. The van der Waals surface area contributed by atoms with E-state index in [1.54, 1.807) is 6.20 Å². The molecule has 0 saturated carbocycles. The molecule has 0 spiro atoms. The molecule has 2 aromatic rings. The first-order valence-corrected chi connectivity index (χ1v) is 5.34. The van der Waals surface area contributed by atoms with Crippen molar-refractivity contribution in [2.75, 3.05) is 5.32 Å². The second kappa shape index (κ2) is 4.31. The average molecular weight is 221 g/mol. The third kappa shape index (κ3) is 2.69. The highest BCUT2D eigenvalue weighted by Crippen LogP contribution is 2.10. The van der Waals surface area contributed by atoms with Gasteiger partial charge in [-0.25, -0.2) is 15.0 Å². The van der Waals surface area contributed by atoms with Gasteiger partial charge in [-0.1, -0.05) is 0 Å². The lowest BCUT2D eigenvalue weighted by atomic mass is 10.4. The maximum absolute atomic E-state index is 4.28. The molecule has 0 aliphatic rings. The Labute approximate surface area is 91.8 Å². The predicted molar refractivity (Wildman–Crippen MR) is 58.7 cm³/mol. The van der Waals surface area contributed by atoms with Crippen LogP contribution >= 0.6 is 11.5 Å². The fourth-order valence-electron chi connectivity index (χ4n) is 1.14. The summed E-state index contributed by atoms with van der Waals surface area (Å²) in [5, 5.41) is 3.99. The number of rotatable bonds is 3. The van der Waals surface area contributed by atoms with E-state index >= 15 is 0 Å². The highest BCUT2D eigenvalue weighted by atomic mass is 32.1. The Morgan fingerprint density at radius 3 is 2.80 bits per heavy atom. The van der Waals surface area contributed by atoms with E-state index in [0.29, 0.717) is 6.54 Å². The summed E-state index contributed by atoms with van der Waals surface area (Å²) in [4.78, 5) is 12.5. The standard InChI is InChI=1S/C9H11N5S/c1-6-10-4-3-8(12-6)5-11-9-13-7(2)14-15-9/h3-4H,5H2,1-2H3,(H,11,13,14). The molecule has 0 atom stereocenters. The minimum atomic E-state index is 0.651. The third-order valence-electron chi connectivity index (χ3n) is 1.78. The zero-order chi connectivity index (χ0) is 10.7. The van der Waals surface area contributed by atoms with E-state index in [-0.39, 0.29) is 0 Å². The molecule has 0 fully saturated rings. The molecule has 5 nitrogen and oxygen atoms in total. The zero-order valence-corrected chi connectivity index (χ0v) is 9.38. The SMILES string of the molecule is Cc1nccc(CNc2nc(C)ns2)n1. The third-order valence-corrected chi connectivity index (χ3v) is 2.55. The van der Waals surface area contributed by atoms with Crippen molar-refractivity contribution >= 4 is 16.7 Å². The Morgan fingerprint density at radius 1 is 1.27 bits per heavy atom. The van der Waals surface area contributed by atoms with Crippen molar-refractivity contribution in [2.45, 2.75) is 20.4 Å². The van der Waals surface area contributed by atoms with E-state index in [1.165, 1.54) is 11.5 Å². The summed E-state index contributed by atoms with van der Waals surface area (Å²) in [5.74, 6) is 1.57. The molecule has 2 aromatic heterocycles. The fourth-order valence-corrected chi connectivity index (χ4v) is 1.71. The van der Waals surface area contributed by atoms with Crippen molar-refractivity contribution in [3.63, 3.8) is 0 Å². The molecule has 0 aliphatic carbocycles. The van der Waals surface area contributed by atoms with E-state index < -0.39 is 0 Å². The molecule has 0 saturated heterocycles. The molecule has 0 unspecified atom stereocenters. The summed E-state index contributed by atoms with van der Waals surface area (Å²) in [7, 11) is 0. The van der Waals surface area contributed by atoms with Gasteiger partial charge in [-0.3, -0.25) is 0 Å². The first-order valence-electron chi connectivity index (χ1n) is 4.57. The van der Waals surface area contributed by atoms with Gasteiger partial charge in [-0.05, 0) is 19.9 Å². The van der Waals surface area contributed by atoms with Crippen LogP contribution in [0.5, 0.6) is 0 Å². The van der Waals surface area contributed by atoms with Crippen LogP contribution in [0.4, 0.5) is 5.13 Å². The van der Waals surface area contributed by atoms with Gasteiger partial charge in [0.15, 0.2) is 0 Å². The Hall–Kier alpha value is -1.56. The van der Waals surface area contributed by atoms with Gasteiger partial charge in [0.25, 0.3) is 0 Å². The molecule has 2 heterocycles. The predicted octanol–water partition coefficient (Wildman–Crippen LogP) is 1.56. The number of aromatic nitrogens is 4. The van der Waals surface area contributed by atoms with Crippen molar-refractivity contribution in [1.29, 1.82) is 0 Å². The van der Waals surface area contributed by atoms with Crippen LogP contribution in [0.1, 0.15) is 17.3 Å². The van der Waals surface area contributed by atoms with Crippen LogP contribution in [0.2, 0.25) is 0 Å². The quantitative estimate of drug-likeness (QED) is 0.852. The lowest BCUT2D eigenvalue weighted by molar-refractivity contribution is 0.952. The highest BCUT2D eigenvalue weighted by molar-refractivity contribution is 7.09. The Kier molecular flexibility index (Phi) is 2.86. The Balaban J connectivity index is 1.99. The number of anilines is 1. The van der Waals surface area contributed by atoms with Gasteiger partial charge in [0, 0.05) is 17.7 Å². The number of hydrogen-bond donors (Lipinski definition) is 1. The van der Waals surface area contributed by atoms with Crippen LogP contribution in [0.25, 0.3) is 0 Å². The van der Waals surface area contributed by atoms with Crippen LogP contribution in [0.3, 0.4) is 0 Å². The fraction of sp³-hybridized carbons (Fsp3) is 0.333. The van der Waals surface area contributed by atoms with Crippen LogP contribution in [0, 0.1) is 13.8 Å². The van der Waals surface area contributed by atoms with E-state index in [0.717, 1.165) is 22.5 Å². The van der Waals surface area contributed by atoms with Gasteiger partial charge in [-0.15, -0.1) is 0 Å². The van der Waals surface area contributed by atoms with Crippen LogP contribution < -0.4 is 5.32 Å². The number of hydrogen-bond acceptors (Lipinski definition) is 6. The summed E-state index contributed by atoms with van der Waals surface area (Å²) < 4.78 is 4.08. The van der Waals surface area contributed by atoms with Crippen LogP contribution in [-0.4, -0.2) is 19.3 Å².